The van der Waals surface area contributed by atoms with Crippen LogP contribution in [0.15, 0.2) is 24.3 Å². The monoisotopic (exact) mass is 373 g/mol. The van der Waals surface area contributed by atoms with Crippen LogP contribution >= 0.6 is 0 Å². The zero-order chi connectivity index (χ0) is 20.2. The van der Waals surface area contributed by atoms with Gasteiger partial charge in [0.2, 0.25) is 5.91 Å². The average molecular weight is 373 g/mol. The second-order valence-corrected chi connectivity index (χ2v) is 8.05. The lowest BCUT2D eigenvalue weighted by Crippen LogP contribution is -2.45. The molecule has 1 aromatic rings. The number of benzene rings is 1. The number of hydrogen-bond acceptors (Lipinski definition) is 3. The number of nitrogens with one attached hydrogen (secondary N) is 2. The lowest BCUT2D eigenvalue weighted by Gasteiger charge is -2.24. The Morgan fingerprint density at radius 3 is 2.48 bits per heavy atom. The molecule has 6 nitrogen and oxygen atoms in total. The van der Waals surface area contributed by atoms with E-state index < -0.39 is 17.5 Å². The van der Waals surface area contributed by atoms with E-state index in [0.717, 1.165) is 35.3 Å². The van der Waals surface area contributed by atoms with Gasteiger partial charge in [0.05, 0.1) is 0 Å². The SMILES string of the molecule is Cc1ccccc1C1(C)NC(=O)N(CC(=O)NC(C)CCCC(C)C)C1=O. The molecule has 0 bridgehead atoms. The van der Waals surface area contributed by atoms with E-state index >= 15 is 0 Å². The molecule has 0 aliphatic carbocycles. The number of rotatable bonds is 8. The van der Waals surface area contributed by atoms with Crippen molar-refractivity contribution in [2.75, 3.05) is 6.54 Å². The highest BCUT2D eigenvalue weighted by molar-refractivity contribution is 6.09. The van der Waals surface area contributed by atoms with Crippen molar-refractivity contribution in [3.63, 3.8) is 0 Å². The highest BCUT2D eigenvalue weighted by Gasteiger charge is 2.50. The smallest absolute Gasteiger partial charge is 0.325 e. The lowest BCUT2D eigenvalue weighted by molar-refractivity contribution is -0.135. The zero-order valence-corrected chi connectivity index (χ0v) is 17.0. The van der Waals surface area contributed by atoms with Gasteiger partial charge in [0.25, 0.3) is 5.91 Å². The Labute approximate surface area is 161 Å². The van der Waals surface area contributed by atoms with Gasteiger partial charge >= 0.3 is 6.03 Å². The number of hydrogen-bond donors (Lipinski definition) is 2. The molecule has 4 amide bonds. The maximum Gasteiger partial charge on any atom is 0.325 e. The van der Waals surface area contributed by atoms with Crippen molar-refractivity contribution in [2.45, 2.75) is 65.5 Å². The van der Waals surface area contributed by atoms with Crippen LogP contribution in [-0.2, 0) is 15.1 Å². The average Bonchev–Trinajstić information content (AvgIpc) is 2.79. The van der Waals surface area contributed by atoms with Crippen LogP contribution in [0.4, 0.5) is 4.79 Å². The van der Waals surface area contributed by atoms with Gasteiger partial charge in [-0.2, -0.15) is 0 Å². The molecule has 0 radical (unpaired) electrons. The van der Waals surface area contributed by atoms with Crippen LogP contribution in [0.3, 0.4) is 0 Å². The van der Waals surface area contributed by atoms with E-state index in [1.165, 1.54) is 0 Å². The minimum atomic E-state index is -1.15. The number of amides is 4. The summed E-state index contributed by atoms with van der Waals surface area (Å²) in [7, 11) is 0. The maximum absolute atomic E-state index is 12.9. The highest BCUT2D eigenvalue weighted by atomic mass is 16.2. The van der Waals surface area contributed by atoms with Crippen molar-refractivity contribution in [3.8, 4) is 0 Å². The van der Waals surface area contributed by atoms with Crippen LogP contribution in [0.5, 0.6) is 0 Å². The molecule has 27 heavy (non-hydrogen) atoms. The van der Waals surface area contributed by atoms with Gasteiger partial charge in [-0.25, -0.2) is 4.79 Å². The number of carbonyl (C=O) groups is 3. The molecule has 1 aliphatic rings. The molecule has 2 unspecified atom stereocenters. The molecule has 1 aromatic carbocycles. The van der Waals surface area contributed by atoms with Gasteiger partial charge in [0.15, 0.2) is 0 Å². The largest absolute Gasteiger partial charge is 0.352 e. The first-order valence-corrected chi connectivity index (χ1v) is 9.64. The Kier molecular flexibility index (Phi) is 6.63. The molecule has 1 heterocycles. The maximum atomic E-state index is 12.9. The molecule has 0 saturated carbocycles. The predicted molar refractivity (Wildman–Crippen MR) is 105 cm³/mol. The molecule has 1 aliphatic heterocycles. The fraction of sp³-hybridized carbons (Fsp3) is 0.571. The standard InChI is InChI=1S/C21H31N3O3/c1-14(2)9-8-11-16(4)22-18(25)13-24-19(26)21(5,23-20(24)27)17-12-7-6-10-15(17)3/h6-7,10,12,14,16H,8-9,11,13H2,1-5H3,(H,22,25)(H,23,27). The Bertz CT molecular complexity index is 716. The van der Waals surface area contributed by atoms with Crippen molar-refractivity contribution in [3.05, 3.63) is 35.4 Å². The number of nitrogens with zero attached hydrogens (tertiary/aromatic N) is 1. The second kappa shape index (κ2) is 8.55. The third kappa shape index (κ3) is 4.87. The van der Waals surface area contributed by atoms with E-state index in [4.69, 9.17) is 0 Å². The number of carbonyl (C=O) groups excluding carboxylic acids is 3. The Morgan fingerprint density at radius 1 is 1.19 bits per heavy atom. The third-order valence-electron chi connectivity index (χ3n) is 5.09. The van der Waals surface area contributed by atoms with Crippen molar-refractivity contribution in [1.29, 1.82) is 0 Å². The summed E-state index contributed by atoms with van der Waals surface area (Å²) in [4.78, 5) is 38.6. The minimum Gasteiger partial charge on any atom is -0.352 e. The molecule has 6 heteroatoms. The van der Waals surface area contributed by atoms with Crippen molar-refractivity contribution in [2.24, 2.45) is 5.92 Å². The van der Waals surface area contributed by atoms with Gasteiger partial charge in [-0.15, -0.1) is 0 Å². The second-order valence-electron chi connectivity index (χ2n) is 8.05. The summed E-state index contributed by atoms with van der Waals surface area (Å²) in [6.07, 6.45) is 3.03. The lowest BCUT2D eigenvalue weighted by atomic mass is 9.88. The van der Waals surface area contributed by atoms with E-state index in [1.807, 2.05) is 38.1 Å². The van der Waals surface area contributed by atoms with E-state index in [-0.39, 0.29) is 18.5 Å². The molecule has 2 N–H and O–H groups in total. The molecule has 2 rings (SSSR count). The summed E-state index contributed by atoms with van der Waals surface area (Å²) in [5.41, 5.74) is 0.512. The molecular formula is C21H31N3O3. The quantitative estimate of drug-likeness (QED) is 0.687. The van der Waals surface area contributed by atoms with E-state index in [9.17, 15) is 14.4 Å². The van der Waals surface area contributed by atoms with Crippen molar-refractivity contribution >= 4 is 17.8 Å². The normalized spacial score (nSPS) is 20.7. The van der Waals surface area contributed by atoms with E-state index in [2.05, 4.69) is 24.5 Å². The van der Waals surface area contributed by atoms with Gasteiger partial charge < -0.3 is 10.6 Å². The fourth-order valence-electron chi connectivity index (χ4n) is 3.53. The van der Waals surface area contributed by atoms with Crippen LogP contribution in [-0.4, -0.2) is 35.3 Å². The summed E-state index contributed by atoms with van der Waals surface area (Å²) in [6, 6.07) is 6.92. The molecule has 2 atom stereocenters. The number of aryl methyl sites for hydroxylation is 1. The van der Waals surface area contributed by atoms with Crippen molar-refractivity contribution in [1.82, 2.24) is 15.5 Å². The minimum absolute atomic E-state index is 0.0137. The summed E-state index contributed by atoms with van der Waals surface area (Å²) >= 11 is 0. The summed E-state index contributed by atoms with van der Waals surface area (Å²) in [5, 5.41) is 5.64. The van der Waals surface area contributed by atoms with E-state index in [0.29, 0.717) is 5.92 Å². The van der Waals surface area contributed by atoms with E-state index in [1.54, 1.807) is 6.92 Å². The fourth-order valence-corrected chi connectivity index (χ4v) is 3.53. The molecule has 148 valence electrons. The Hall–Kier alpha value is -2.37. The van der Waals surface area contributed by atoms with Crippen LogP contribution in [0.2, 0.25) is 0 Å². The summed E-state index contributed by atoms with van der Waals surface area (Å²) < 4.78 is 0. The third-order valence-corrected chi connectivity index (χ3v) is 5.09. The molecule has 0 aromatic heterocycles. The van der Waals surface area contributed by atoms with Crippen molar-refractivity contribution < 1.29 is 14.4 Å². The van der Waals surface area contributed by atoms with Gasteiger partial charge in [0.1, 0.15) is 12.1 Å². The number of urea groups is 1. The van der Waals surface area contributed by atoms with Crippen LogP contribution in [0, 0.1) is 12.8 Å². The summed E-state index contributed by atoms with van der Waals surface area (Å²) in [5.74, 6) is -0.0769. The molecule has 0 spiro atoms. The van der Waals surface area contributed by atoms with Crippen LogP contribution in [0.25, 0.3) is 0 Å². The zero-order valence-electron chi connectivity index (χ0n) is 17.0. The molecule has 1 fully saturated rings. The first-order chi connectivity index (χ1) is 12.6. The first kappa shape index (κ1) is 20.9. The van der Waals surface area contributed by atoms with Crippen LogP contribution < -0.4 is 10.6 Å². The summed E-state index contributed by atoms with van der Waals surface area (Å²) in [6.45, 7) is 9.61. The van der Waals surface area contributed by atoms with Gasteiger partial charge in [0, 0.05) is 6.04 Å². The topological polar surface area (TPSA) is 78.5 Å². The first-order valence-electron chi connectivity index (χ1n) is 9.64. The van der Waals surface area contributed by atoms with Crippen LogP contribution in [0.1, 0.15) is 58.1 Å². The van der Waals surface area contributed by atoms with Gasteiger partial charge in [-0.1, -0.05) is 51.0 Å². The van der Waals surface area contributed by atoms with Gasteiger partial charge in [-0.05, 0) is 44.2 Å². The van der Waals surface area contributed by atoms with Gasteiger partial charge in [-0.3, -0.25) is 14.5 Å². The Balaban J connectivity index is 1.99. The molecular weight excluding hydrogens is 342 g/mol. The number of imide groups is 1. The Morgan fingerprint density at radius 2 is 1.85 bits per heavy atom. The highest BCUT2D eigenvalue weighted by Crippen LogP contribution is 2.30. The predicted octanol–water partition coefficient (Wildman–Crippen LogP) is 3.09. The molecule has 1 saturated heterocycles.